The molecular formula is C20H17NO2S. The summed E-state index contributed by atoms with van der Waals surface area (Å²) in [5.74, 6) is 0.0963. The van der Waals surface area contributed by atoms with Gasteiger partial charge in [0.25, 0.3) is 0 Å². The minimum absolute atomic E-state index is 0.0963. The van der Waals surface area contributed by atoms with Crippen molar-refractivity contribution in [1.82, 2.24) is 4.90 Å². The molecule has 0 radical (unpaired) electrons. The van der Waals surface area contributed by atoms with Crippen LogP contribution in [0.2, 0.25) is 0 Å². The van der Waals surface area contributed by atoms with Crippen LogP contribution in [0.3, 0.4) is 0 Å². The number of fused-ring (bicyclic) bond motifs is 3. The third kappa shape index (κ3) is 2.69. The number of thiophene rings is 1. The molecule has 24 heavy (non-hydrogen) atoms. The van der Waals surface area contributed by atoms with Crippen LogP contribution in [0.15, 0.2) is 64.6 Å². The first-order chi connectivity index (χ1) is 11.7. The Bertz CT molecular complexity index is 1000. The zero-order chi connectivity index (χ0) is 16.5. The Hall–Kier alpha value is -2.59. The summed E-state index contributed by atoms with van der Waals surface area (Å²) in [5.41, 5.74) is 1.78. The van der Waals surface area contributed by atoms with Crippen molar-refractivity contribution in [1.29, 1.82) is 0 Å². The fourth-order valence-electron chi connectivity index (χ4n) is 3.03. The van der Waals surface area contributed by atoms with E-state index in [4.69, 9.17) is 4.42 Å². The Morgan fingerprint density at radius 3 is 2.83 bits per heavy atom. The molecule has 4 aromatic rings. The van der Waals surface area contributed by atoms with E-state index in [0.29, 0.717) is 13.0 Å². The van der Waals surface area contributed by atoms with Gasteiger partial charge in [-0.2, -0.15) is 0 Å². The molecule has 0 aliphatic carbocycles. The van der Waals surface area contributed by atoms with Crippen LogP contribution in [0.4, 0.5) is 0 Å². The highest BCUT2D eigenvalue weighted by molar-refractivity contribution is 7.09. The first-order valence-corrected chi connectivity index (χ1v) is 8.74. The fraction of sp³-hybridized carbons (Fsp3) is 0.150. The molecule has 0 aliphatic rings. The van der Waals surface area contributed by atoms with E-state index in [1.807, 2.05) is 36.7 Å². The lowest BCUT2D eigenvalue weighted by atomic mass is 10.0. The first-order valence-electron chi connectivity index (χ1n) is 7.86. The van der Waals surface area contributed by atoms with Gasteiger partial charge in [0.05, 0.1) is 19.2 Å². The van der Waals surface area contributed by atoms with Crippen molar-refractivity contribution < 1.29 is 9.21 Å². The lowest BCUT2D eigenvalue weighted by Crippen LogP contribution is -2.27. The number of furan rings is 1. The molecule has 1 amide bonds. The highest BCUT2D eigenvalue weighted by Gasteiger charge is 2.16. The van der Waals surface area contributed by atoms with Crippen molar-refractivity contribution in [3.8, 4) is 0 Å². The van der Waals surface area contributed by atoms with Crippen LogP contribution in [0.5, 0.6) is 0 Å². The van der Waals surface area contributed by atoms with Crippen LogP contribution in [-0.2, 0) is 17.8 Å². The molecule has 0 unspecified atom stereocenters. The molecule has 120 valence electrons. The minimum atomic E-state index is 0.0963. The summed E-state index contributed by atoms with van der Waals surface area (Å²) in [4.78, 5) is 15.6. The second-order valence-corrected chi connectivity index (χ2v) is 6.96. The molecule has 0 aliphatic heterocycles. The first kappa shape index (κ1) is 15.0. The number of amides is 1. The summed E-state index contributed by atoms with van der Waals surface area (Å²) in [6.07, 6.45) is 2.07. The topological polar surface area (TPSA) is 33.5 Å². The van der Waals surface area contributed by atoms with E-state index in [2.05, 4.69) is 24.3 Å². The fourth-order valence-corrected chi connectivity index (χ4v) is 3.78. The Morgan fingerprint density at radius 2 is 2.00 bits per heavy atom. The van der Waals surface area contributed by atoms with Gasteiger partial charge in [0, 0.05) is 22.9 Å². The number of rotatable bonds is 4. The molecule has 0 fully saturated rings. The molecule has 0 bridgehead atoms. The van der Waals surface area contributed by atoms with Crippen LogP contribution >= 0.6 is 11.3 Å². The van der Waals surface area contributed by atoms with E-state index < -0.39 is 0 Å². The predicted molar refractivity (Wildman–Crippen MR) is 98.2 cm³/mol. The molecule has 0 spiro atoms. The smallest absolute Gasteiger partial charge is 0.227 e. The number of carbonyl (C=O) groups excluding carboxylic acids is 1. The summed E-state index contributed by atoms with van der Waals surface area (Å²) in [5, 5.41) is 5.37. The lowest BCUT2D eigenvalue weighted by molar-refractivity contribution is -0.129. The normalized spacial score (nSPS) is 11.2. The summed E-state index contributed by atoms with van der Waals surface area (Å²) in [7, 11) is 1.85. The van der Waals surface area contributed by atoms with Crippen LogP contribution in [0.1, 0.15) is 10.4 Å². The number of benzene rings is 2. The van der Waals surface area contributed by atoms with E-state index >= 15 is 0 Å². The van der Waals surface area contributed by atoms with E-state index in [1.54, 1.807) is 22.5 Å². The maximum absolute atomic E-state index is 12.6. The summed E-state index contributed by atoms with van der Waals surface area (Å²) in [6, 6.07) is 16.3. The average Bonchev–Trinajstić information content (AvgIpc) is 3.25. The average molecular weight is 335 g/mol. The quantitative estimate of drug-likeness (QED) is 0.534. The standard InChI is InChI=1S/C20H17NO2S/c1-21(12-16-6-4-10-24-16)19(22)11-15-13-23-18-9-8-14-5-2-3-7-17(14)20(15)18/h2-10,13H,11-12H2,1H3. The Kier molecular flexibility index (Phi) is 3.82. The van der Waals surface area contributed by atoms with Gasteiger partial charge in [-0.3, -0.25) is 4.79 Å². The highest BCUT2D eigenvalue weighted by Crippen LogP contribution is 2.30. The van der Waals surface area contributed by atoms with Gasteiger partial charge < -0.3 is 9.32 Å². The van der Waals surface area contributed by atoms with E-state index in [9.17, 15) is 4.79 Å². The van der Waals surface area contributed by atoms with Crippen molar-refractivity contribution in [3.05, 3.63) is 70.6 Å². The van der Waals surface area contributed by atoms with Gasteiger partial charge in [-0.15, -0.1) is 11.3 Å². The van der Waals surface area contributed by atoms with Crippen molar-refractivity contribution in [2.45, 2.75) is 13.0 Å². The maximum Gasteiger partial charge on any atom is 0.227 e. The molecule has 4 rings (SSSR count). The van der Waals surface area contributed by atoms with E-state index in [-0.39, 0.29) is 5.91 Å². The molecule has 0 saturated heterocycles. The Morgan fingerprint density at radius 1 is 1.12 bits per heavy atom. The molecule has 0 N–H and O–H groups in total. The molecule has 0 saturated carbocycles. The van der Waals surface area contributed by atoms with Crippen molar-refractivity contribution in [2.24, 2.45) is 0 Å². The van der Waals surface area contributed by atoms with Gasteiger partial charge >= 0.3 is 0 Å². The van der Waals surface area contributed by atoms with Gasteiger partial charge in [0.2, 0.25) is 5.91 Å². The summed E-state index contributed by atoms with van der Waals surface area (Å²) >= 11 is 1.67. The third-order valence-corrected chi connectivity index (χ3v) is 5.14. The number of nitrogens with zero attached hydrogens (tertiary/aromatic N) is 1. The zero-order valence-corrected chi connectivity index (χ0v) is 14.2. The van der Waals surface area contributed by atoms with Crippen LogP contribution < -0.4 is 0 Å². The van der Waals surface area contributed by atoms with Gasteiger partial charge in [-0.05, 0) is 28.3 Å². The monoisotopic (exact) mass is 335 g/mol. The lowest BCUT2D eigenvalue weighted by Gasteiger charge is -2.16. The number of carbonyl (C=O) groups is 1. The molecular weight excluding hydrogens is 318 g/mol. The predicted octanol–water partition coefficient (Wildman–Crippen LogP) is 4.85. The van der Waals surface area contributed by atoms with Crippen molar-refractivity contribution in [3.63, 3.8) is 0 Å². The highest BCUT2D eigenvalue weighted by atomic mass is 32.1. The Labute approximate surface area is 144 Å². The third-order valence-electron chi connectivity index (χ3n) is 4.28. The maximum atomic E-state index is 12.6. The van der Waals surface area contributed by atoms with Gasteiger partial charge in [-0.25, -0.2) is 0 Å². The van der Waals surface area contributed by atoms with Crippen LogP contribution in [0.25, 0.3) is 21.7 Å². The molecule has 2 heterocycles. The van der Waals surface area contributed by atoms with E-state index in [0.717, 1.165) is 27.3 Å². The number of likely N-dealkylation sites (N-methyl/N-ethyl adjacent to an activating group) is 1. The molecule has 0 atom stereocenters. The number of hydrogen-bond donors (Lipinski definition) is 0. The largest absolute Gasteiger partial charge is 0.464 e. The Balaban J connectivity index is 1.64. The van der Waals surface area contributed by atoms with Crippen molar-refractivity contribution in [2.75, 3.05) is 7.05 Å². The number of hydrogen-bond acceptors (Lipinski definition) is 3. The second-order valence-electron chi connectivity index (χ2n) is 5.93. The zero-order valence-electron chi connectivity index (χ0n) is 13.4. The van der Waals surface area contributed by atoms with E-state index in [1.165, 1.54) is 4.88 Å². The summed E-state index contributed by atoms with van der Waals surface area (Å²) in [6.45, 7) is 0.646. The van der Waals surface area contributed by atoms with Crippen LogP contribution in [-0.4, -0.2) is 17.9 Å². The van der Waals surface area contributed by atoms with Crippen molar-refractivity contribution >= 4 is 39.0 Å². The van der Waals surface area contributed by atoms with Gasteiger partial charge in [-0.1, -0.05) is 36.4 Å². The van der Waals surface area contributed by atoms with Crippen LogP contribution in [0, 0.1) is 0 Å². The second kappa shape index (κ2) is 6.13. The molecule has 2 aromatic heterocycles. The van der Waals surface area contributed by atoms with Gasteiger partial charge in [0.15, 0.2) is 0 Å². The molecule has 2 aromatic carbocycles. The summed E-state index contributed by atoms with van der Waals surface area (Å²) < 4.78 is 5.67. The SMILES string of the molecule is CN(Cc1cccs1)C(=O)Cc1coc2ccc3ccccc3c12. The minimum Gasteiger partial charge on any atom is -0.464 e. The molecule has 4 heteroatoms. The van der Waals surface area contributed by atoms with Gasteiger partial charge in [0.1, 0.15) is 5.58 Å². The molecule has 3 nitrogen and oxygen atoms in total.